The van der Waals surface area contributed by atoms with Gasteiger partial charge < -0.3 is 9.84 Å². The summed E-state index contributed by atoms with van der Waals surface area (Å²) in [6.45, 7) is 0.240. The van der Waals surface area contributed by atoms with Crippen LogP contribution in [-0.2, 0) is 4.74 Å². The smallest absolute Gasteiger partial charge is 0.268 e. The van der Waals surface area contributed by atoms with Crippen molar-refractivity contribution >= 4 is 21.6 Å². The molecule has 0 saturated carbocycles. The molecule has 0 bridgehead atoms. The highest BCUT2D eigenvalue weighted by Crippen LogP contribution is 2.19. The fourth-order valence-corrected chi connectivity index (χ4v) is 2.68. The van der Waals surface area contributed by atoms with E-state index in [2.05, 4.69) is 0 Å². The fourth-order valence-electron chi connectivity index (χ4n) is 1.62. The molecule has 2 aromatic rings. The Labute approximate surface area is 96.9 Å². The predicted octanol–water partition coefficient (Wildman–Crippen LogP) is 1.24. The van der Waals surface area contributed by atoms with E-state index in [0.717, 1.165) is 4.70 Å². The van der Waals surface area contributed by atoms with Crippen molar-refractivity contribution in [3.63, 3.8) is 0 Å². The SMILES string of the molecule is COCC(CO)n1sc2ccccc2c1=O. The van der Waals surface area contributed by atoms with E-state index in [1.165, 1.54) is 11.5 Å². The lowest BCUT2D eigenvalue weighted by molar-refractivity contribution is 0.118. The Morgan fingerprint density at radius 1 is 1.50 bits per heavy atom. The van der Waals surface area contributed by atoms with Gasteiger partial charge in [0.15, 0.2) is 0 Å². The van der Waals surface area contributed by atoms with E-state index in [0.29, 0.717) is 12.0 Å². The van der Waals surface area contributed by atoms with Crippen molar-refractivity contribution in [1.82, 2.24) is 3.96 Å². The molecule has 1 atom stereocenters. The molecule has 1 unspecified atom stereocenters. The standard InChI is InChI=1S/C11H13NO3S/c1-15-7-8(6-13)12-11(14)9-4-2-3-5-10(9)16-12/h2-5,8,13H,6-7H2,1H3. The molecule has 86 valence electrons. The first-order valence-electron chi connectivity index (χ1n) is 4.98. The first-order valence-corrected chi connectivity index (χ1v) is 5.75. The van der Waals surface area contributed by atoms with E-state index in [1.54, 1.807) is 17.1 Å². The number of rotatable bonds is 4. The second kappa shape index (κ2) is 4.78. The highest BCUT2D eigenvalue weighted by atomic mass is 32.1. The molecule has 5 heteroatoms. The lowest BCUT2D eigenvalue weighted by Gasteiger charge is -2.12. The largest absolute Gasteiger partial charge is 0.394 e. The van der Waals surface area contributed by atoms with Crippen molar-refractivity contribution in [1.29, 1.82) is 0 Å². The molecule has 16 heavy (non-hydrogen) atoms. The van der Waals surface area contributed by atoms with Gasteiger partial charge >= 0.3 is 0 Å². The van der Waals surface area contributed by atoms with Crippen molar-refractivity contribution < 1.29 is 9.84 Å². The van der Waals surface area contributed by atoms with Gasteiger partial charge in [0, 0.05) is 7.11 Å². The second-order valence-electron chi connectivity index (χ2n) is 3.51. The summed E-state index contributed by atoms with van der Waals surface area (Å²) in [5.41, 5.74) is -0.0586. The van der Waals surface area contributed by atoms with Crippen molar-refractivity contribution in [3.05, 3.63) is 34.6 Å². The topological polar surface area (TPSA) is 51.5 Å². The molecule has 0 aliphatic rings. The fraction of sp³-hybridized carbons (Fsp3) is 0.364. The minimum absolute atomic E-state index is 0.0586. The van der Waals surface area contributed by atoms with Crippen LogP contribution in [0.25, 0.3) is 10.1 Å². The molecular weight excluding hydrogens is 226 g/mol. The zero-order chi connectivity index (χ0) is 11.5. The van der Waals surface area contributed by atoms with Crippen LogP contribution in [-0.4, -0.2) is 29.4 Å². The van der Waals surface area contributed by atoms with E-state index in [1.807, 2.05) is 18.2 Å². The van der Waals surface area contributed by atoms with Crippen LogP contribution in [0.1, 0.15) is 6.04 Å². The van der Waals surface area contributed by atoms with Gasteiger partial charge in [-0.05, 0) is 12.1 Å². The third-order valence-corrected chi connectivity index (χ3v) is 3.63. The van der Waals surface area contributed by atoms with E-state index in [9.17, 15) is 9.90 Å². The number of methoxy groups -OCH3 is 1. The maximum atomic E-state index is 12.0. The van der Waals surface area contributed by atoms with Crippen LogP contribution < -0.4 is 5.56 Å². The quantitative estimate of drug-likeness (QED) is 0.873. The Balaban J connectivity index is 2.52. The van der Waals surface area contributed by atoms with Crippen LogP contribution in [0, 0.1) is 0 Å². The van der Waals surface area contributed by atoms with E-state index in [4.69, 9.17) is 4.74 Å². The number of hydrogen-bond acceptors (Lipinski definition) is 4. The molecular formula is C11H13NO3S. The number of aliphatic hydroxyl groups excluding tert-OH is 1. The first-order chi connectivity index (χ1) is 7.77. The lowest BCUT2D eigenvalue weighted by Crippen LogP contribution is -2.25. The number of hydrogen-bond donors (Lipinski definition) is 1. The maximum absolute atomic E-state index is 12.0. The number of nitrogens with zero attached hydrogens (tertiary/aromatic N) is 1. The second-order valence-corrected chi connectivity index (χ2v) is 4.53. The van der Waals surface area contributed by atoms with Crippen LogP contribution >= 0.6 is 11.5 Å². The molecule has 1 heterocycles. The molecule has 0 radical (unpaired) electrons. The number of aliphatic hydroxyl groups is 1. The molecule has 0 saturated heterocycles. The highest BCUT2D eigenvalue weighted by Gasteiger charge is 2.15. The third kappa shape index (κ3) is 1.89. The average Bonchev–Trinajstić information content (AvgIpc) is 2.64. The van der Waals surface area contributed by atoms with Crippen LogP contribution in [0.3, 0.4) is 0 Å². The van der Waals surface area contributed by atoms with E-state index >= 15 is 0 Å². The van der Waals surface area contributed by atoms with Gasteiger partial charge in [-0.1, -0.05) is 23.7 Å². The minimum atomic E-state index is -0.296. The van der Waals surface area contributed by atoms with Crippen LogP contribution in [0.4, 0.5) is 0 Å². The van der Waals surface area contributed by atoms with Gasteiger partial charge in [-0.25, -0.2) is 0 Å². The number of aromatic nitrogens is 1. The number of ether oxygens (including phenoxy) is 1. The first kappa shape index (κ1) is 11.3. The lowest BCUT2D eigenvalue weighted by atomic mass is 10.3. The van der Waals surface area contributed by atoms with Crippen molar-refractivity contribution in [2.45, 2.75) is 6.04 Å². The summed E-state index contributed by atoms with van der Waals surface area (Å²) in [4.78, 5) is 12.0. The molecule has 1 aromatic heterocycles. The normalized spacial score (nSPS) is 13.1. The molecule has 0 fully saturated rings. The average molecular weight is 239 g/mol. The molecule has 0 amide bonds. The molecule has 2 rings (SSSR count). The van der Waals surface area contributed by atoms with Gasteiger partial charge in [0.25, 0.3) is 5.56 Å². The van der Waals surface area contributed by atoms with E-state index < -0.39 is 0 Å². The Hall–Kier alpha value is -1.17. The summed E-state index contributed by atoms with van der Waals surface area (Å²) in [6.07, 6.45) is 0. The Morgan fingerprint density at radius 3 is 2.88 bits per heavy atom. The molecule has 1 N–H and O–H groups in total. The summed E-state index contributed by atoms with van der Waals surface area (Å²) in [7, 11) is 1.56. The maximum Gasteiger partial charge on any atom is 0.268 e. The van der Waals surface area contributed by atoms with Gasteiger partial charge in [-0.2, -0.15) is 0 Å². The molecule has 0 aliphatic carbocycles. The van der Waals surface area contributed by atoms with Gasteiger partial charge in [0.05, 0.1) is 29.3 Å². The molecule has 0 aliphatic heterocycles. The summed E-state index contributed by atoms with van der Waals surface area (Å²) in [5, 5.41) is 9.92. The summed E-state index contributed by atoms with van der Waals surface area (Å²) >= 11 is 1.36. The third-order valence-electron chi connectivity index (χ3n) is 2.42. The van der Waals surface area contributed by atoms with Gasteiger partial charge in [0.2, 0.25) is 0 Å². The zero-order valence-electron chi connectivity index (χ0n) is 8.92. The summed E-state index contributed by atoms with van der Waals surface area (Å²) in [5.74, 6) is 0. The summed E-state index contributed by atoms with van der Waals surface area (Å²) in [6, 6.07) is 7.14. The van der Waals surface area contributed by atoms with Gasteiger partial charge in [-0.15, -0.1) is 0 Å². The highest BCUT2D eigenvalue weighted by molar-refractivity contribution is 7.13. The van der Waals surface area contributed by atoms with Crippen molar-refractivity contribution in [2.75, 3.05) is 20.3 Å². The number of fused-ring (bicyclic) bond motifs is 1. The van der Waals surface area contributed by atoms with Crippen LogP contribution in [0.5, 0.6) is 0 Å². The van der Waals surface area contributed by atoms with Gasteiger partial charge in [0.1, 0.15) is 0 Å². The molecule has 0 spiro atoms. The van der Waals surface area contributed by atoms with Gasteiger partial charge in [-0.3, -0.25) is 8.75 Å². The molecule has 4 nitrogen and oxygen atoms in total. The van der Waals surface area contributed by atoms with Crippen molar-refractivity contribution in [2.24, 2.45) is 0 Å². The van der Waals surface area contributed by atoms with Crippen LogP contribution in [0.2, 0.25) is 0 Å². The Bertz CT molecular complexity index is 531. The minimum Gasteiger partial charge on any atom is -0.394 e. The summed E-state index contributed by atoms with van der Waals surface area (Å²) < 4.78 is 7.50. The zero-order valence-corrected chi connectivity index (χ0v) is 9.74. The van der Waals surface area contributed by atoms with Crippen LogP contribution in [0.15, 0.2) is 29.1 Å². The number of benzene rings is 1. The predicted molar refractivity (Wildman–Crippen MR) is 64.1 cm³/mol. The Morgan fingerprint density at radius 2 is 2.25 bits per heavy atom. The Kier molecular flexibility index (Phi) is 3.38. The van der Waals surface area contributed by atoms with E-state index in [-0.39, 0.29) is 18.2 Å². The van der Waals surface area contributed by atoms with Crippen molar-refractivity contribution in [3.8, 4) is 0 Å². The monoisotopic (exact) mass is 239 g/mol. The molecule has 1 aromatic carbocycles.